The molecule has 1 saturated heterocycles. The Kier molecular flexibility index (Phi) is 4.08. The maximum absolute atomic E-state index is 11.7. The number of amides is 2. The average Bonchev–Trinajstić information content (AvgIpc) is 2.83. The lowest BCUT2D eigenvalue weighted by Gasteiger charge is -2.13. The molecule has 0 spiro atoms. The van der Waals surface area contributed by atoms with E-state index in [1.807, 2.05) is 0 Å². The van der Waals surface area contributed by atoms with Crippen LogP contribution in [0.5, 0.6) is 0 Å². The summed E-state index contributed by atoms with van der Waals surface area (Å²) in [6.07, 6.45) is 4.13. The summed E-state index contributed by atoms with van der Waals surface area (Å²) in [5.41, 5.74) is 2.74. The molecule has 1 fully saturated rings. The van der Waals surface area contributed by atoms with E-state index in [2.05, 4.69) is 21.2 Å². The Morgan fingerprint density at radius 2 is 2.35 bits per heavy atom. The number of hydrogen-bond donors (Lipinski definition) is 3. The summed E-state index contributed by atoms with van der Waals surface area (Å²) in [4.78, 5) is 22.5. The highest BCUT2D eigenvalue weighted by molar-refractivity contribution is 6.39. The van der Waals surface area contributed by atoms with Gasteiger partial charge in [0.25, 0.3) is 5.91 Å². The first kappa shape index (κ1) is 12.0. The predicted octanol–water partition coefficient (Wildman–Crippen LogP) is -0.489. The largest absolute Gasteiger partial charge is 0.351 e. The van der Waals surface area contributed by atoms with E-state index in [-0.39, 0.29) is 11.8 Å². The van der Waals surface area contributed by atoms with Gasteiger partial charge in [0.15, 0.2) is 0 Å². The molecule has 0 saturated carbocycles. The normalized spacial score (nSPS) is 24.1. The maximum Gasteiger partial charge on any atom is 0.267 e. The summed E-state index contributed by atoms with van der Waals surface area (Å²) in [5, 5.41) is 9.96. The number of carbonyl (C=O) groups is 2. The summed E-state index contributed by atoms with van der Waals surface area (Å²) in [6.45, 7) is 1.74. The maximum atomic E-state index is 11.7. The predicted molar refractivity (Wildman–Crippen MR) is 63.5 cm³/mol. The Morgan fingerprint density at radius 3 is 3.00 bits per heavy atom. The van der Waals surface area contributed by atoms with Crippen molar-refractivity contribution in [2.75, 3.05) is 13.1 Å². The first-order valence-electron chi connectivity index (χ1n) is 6.12. The lowest BCUT2D eigenvalue weighted by molar-refractivity contribution is -0.121. The first-order valence-corrected chi connectivity index (χ1v) is 6.12. The SMILES string of the molecule is O=C1CCC(C(=O)NCCC2CCCN2)=NN1. The molecule has 17 heavy (non-hydrogen) atoms. The minimum atomic E-state index is -0.164. The zero-order valence-electron chi connectivity index (χ0n) is 9.79. The quantitative estimate of drug-likeness (QED) is 0.618. The fourth-order valence-electron chi connectivity index (χ4n) is 2.10. The molecule has 2 amide bonds. The van der Waals surface area contributed by atoms with Gasteiger partial charge in [0, 0.05) is 25.4 Å². The second-order valence-corrected chi connectivity index (χ2v) is 4.43. The van der Waals surface area contributed by atoms with E-state index in [4.69, 9.17) is 0 Å². The molecular formula is C11H18N4O2. The van der Waals surface area contributed by atoms with E-state index in [1.54, 1.807) is 0 Å². The Hall–Kier alpha value is -1.43. The first-order chi connectivity index (χ1) is 8.25. The highest BCUT2D eigenvalue weighted by Crippen LogP contribution is 2.07. The van der Waals surface area contributed by atoms with Crippen LogP contribution in [0.15, 0.2) is 5.10 Å². The molecule has 0 aromatic carbocycles. The fraction of sp³-hybridized carbons (Fsp3) is 0.727. The van der Waals surface area contributed by atoms with E-state index in [0.717, 1.165) is 13.0 Å². The van der Waals surface area contributed by atoms with E-state index >= 15 is 0 Å². The minimum absolute atomic E-state index is 0.128. The molecular weight excluding hydrogens is 220 g/mol. The van der Waals surface area contributed by atoms with Crippen molar-refractivity contribution in [2.45, 2.75) is 38.1 Å². The summed E-state index contributed by atoms with van der Waals surface area (Å²) in [7, 11) is 0. The van der Waals surface area contributed by atoms with Gasteiger partial charge in [-0.3, -0.25) is 9.59 Å². The molecule has 1 unspecified atom stereocenters. The van der Waals surface area contributed by atoms with E-state index in [0.29, 0.717) is 31.1 Å². The van der Waals surface area contributed by atoms with Gasteiger partial charge in [-0.15, -0.1) is 0 Å². The molecule has 0 aromatic heterocycles. The smallest absolute Gasteiger partial charge is 0.267 e. The van der Waals surface area contributed by atoms with E-state index in [1.165, 1.54) is 12.8 Å². The minimum Gasteiger partial charge on any atom is -0.351 e. The second kappa shape index (κ2) is 5.77. The molecule has 2 aliphatic rings. The molecule has 2 rings (SSSR count). The molecule has 6 nitrogen and oxygen atoms in total. The number of nitrogens with zero attached hydrogens (tertiary/aromatic N) is 1. The van der Waals surface area contributed by atoms with Gasteiger partial charge in [-0.2, -0.15) is 5.10 Å². The van der Waals surface area contributed by atoms with Crippen LogP contribution in [0.1, 0.15) is 32.1 Å². The number of hydrazone groups is 1. The molecule has 2 aliphatic heterocycles. The monoisotopic (exact) mass is 238 g/mol. The van der Waals surface area contributed by atoms with Gasteiger partial charge < -0.3 is 10.6 Å². The Balaban J connectivity index is 1.68. The third-order valence-electron chi connectivity index (χ3n) is 3.11. The van der Waals surface area contributed by atoms with Crippen LogP contribution in [-0.2, 0) is 9.59 Å². The van der Waals surface area contributed by atoms with Gasteiger partial charge in [0.2, 0.25) is 5.91 Å². The van der Waals surface area contributed by atoms with Crippen molar-refractivity contribution in [3.63, 3.8) is 0 Å². The van der Waals surface area contributed by atoms with Crippen LogP contribution < -0.4 is 16.1 Å². The summed E-state index contributed by atoms with van der Waals surface area (Å²) in [5.74, 6) is -0.292. The van der Waals surface area contributed by atoms with Crippen molar-refractivity contribution in [3.05, 3.63) is 0 Å². The van der Waals surface area contributed by atoms with Crippen LogP contribution in [0.2, 0.25) is 0 Å². The van der Waals surface area contributed by atoms with Crippen molar-refractivity contribution in [1.29, 1.82) is 0 Å². The Bertz CT molecular complexity index is 334. The van der Waals surface area contributed by atoms with Crippen LogP contribution in [0.3, 0.4) is 0 Å². The lowest BCUT2D eigenvalue weighted by Crippen LogP contribution is -2.38. The van der Waals surface area contributed by atoms with Crippen molar-refractivity contribution in [3.8, 4) is 0 Å². The van der Waals surface area contributed by atoms with Crippen molar-refractivity contribution in [1.82, 2.24) is 16.1 Å². The van der Waals surface area contributed by atoms with Gasteiger partial charge >= 0.3 is 0 Å². The van der Waals surface area contributed by atoms with Gasteiger partial charge in [-0.05, 0) is 25.8 Å². The molecule has 2 heterocycles. The molecule has 0 bridgehead atoms. The second-order valence-electron chi connectivity index (χ2n) is 4.43. The van der Waals surface area contributed by atoms with Crippen LogP contribution in [0.25, 0.3) is 0 Å². The van der Waals surface area contributed by atoms with Crippen LogP contribution in [-0.4, -0.2) is 36.7 Å². The van der Waals surface area contributed by atoms with Gasteiger partial charge in [-0.1, -0.05) is 0 Å². The Morgan fingerprint density at radius 1 is 1.47 bits per heavy atom. The van der Waals surface area contributed by atoms with Crippen LogP contribution in [0, 0.1) is 0 Å². The number of rotatable bonds is 4. The van der Waals surface area contributed by atoms with Crippen LogP contribution >= 0.6 is 0 Å². The molecule has 6 heteroatoms. The third kappa shape index (κ3) is 3.52. The molecule has 3 N–H and O–H groups in total. The molecule has 1 atom stereocenters. The van der Waals surface area contributed by atoms with Crippen molar-refractivity contribution < 1.29 is 9.59 Å². The van der Waals surface area contributed by atoms with Crippen molar-refractivity contribution in [2.24, 2.45) is 5.10 Å². The zero-order valence-corrected chi connectivity index (χ0v) is 9.79. The number of nitrogens with one attached hydrogen (secondary N) is 3. The number of hydrogen-bond acceptors (Lipinski definition) is 4. The summed E-state index contributed by atoms with van der Waals surface area (Å²) < 4.78 is 0. The molecule has 0 radical (unpaired) electrons. The summed E-state index contributed by atoms with van der Waals surface area (Å²) >= 11 is 0. The number of carbonyl (C=O) groups excluding carboxylic acids is 2. The third-order valence-corrected chi connectivity index (χ3v) is 3.11. The average molecular weight is 238 g/mol. The Labute approximate surface area is 100 Å². The van der Waals surface area contributed by atoms with Crippen LogP contribution in [0.4, 0.5) is 0 Å². The molecule has 0 aliphatic carbocycles. The lowest BCUT2D eigenvalue weighted by atomic mass is 10.1. The molecule has 94 valence electrons. The highest BCUT2D eigenvalue weighted by atomic mass is 16.2. The fourth-order valence-corrected chi connectivity index (χ4v) is 2.10. The van der Waals surface area contributed by atoms with Gasteiger partial charge in [-0.25, -0.2) is 5.43 Å². The zero-order chi connectivity index (χ0) is 12.1. The standard InChI is InChI=1S/C11H18N4O2/c16-10-4-3-9(14-15-10)11(17)13-7-5-8-2-1-6-12-8/h8,12H,1-7H2,(H,13,17)(H,15,16). The van der Waals surface area contributed by atoms with Gasteiger partial charge in [0.1, 0.15) is 5.71 Å². The van der Waals surface area contributed by atoms with Gasteiger partial charge in [0.05, 0.1) is 0 Å². The van der Waals surface area contributed by atoms with E-state index in [9.17, 15) is 9.59 Å². The van der Waals surface area contributed by atoms with E-state index < -0.39 is 0 Å². The highest BCUT2D eigenvalue weighted by Gasteiger charge is 2.18. The topological polar surface area (TPSA) is 82.6 Å². The molecule has 0 aromatic rings. The van der Waals surface area contributed by atoms with Crippen molar-refractivity contribution >= 4 is 17.5 Å². The summed E-state index contributed by atoms with van der Waals surface area (Å²) in [6, 6.07) is 0.531.